The number of amides is 2. The molecule has 0 aliphatic carbocycles. The second-order valence-electron chi connectivity index (χ2n) is 6.00. The van der Waals surface area contributed by atoms with Gasteiger partial charge in [0.15, 0.2) is 10.4 Å². The lowest BCUT2D eigenvalue weighted by Gasteiger charge is -2.14. The third kappa shape index (κ3) is 5.27. The molecule has 2 aromatic heterocycles. The third-order valence-electron chi connectivity index (χ3n) is 3.96. The Morgan fingerprint density at radius 1 is 1.07 bits per heavy atom. The van der Waals surface area contributed by atoms with Crippen LogP contribution in [0, 0.1) is 0 Å². The minimum Gasteiger partial charge on any atom is -0.444 e. The molecule has 138 valence electrons. The summed E-state index contributed by atoms with van der Waals surface area (Å²) in [5, 5.41) is 5.71. The summed E-state index contributed by atoms with van der Waals surface area (Å²) in [6, 6.07) is 14.0. The molecule has 6 nitrogen and oxygen atoms in total. The Balaban J connectivity index is 1.54. The average Bonchev–Trinajstić information content (AvgIpc) is 3.10. The van der Waals surface area contributed by atoms with Gasteiger partial charge in [0, 0.05) is 18.1 Å². The Labute approximate surface area is 165 Å². The lowest BCUT2D eigenvalue weighted by atomic mass is 10.1. The van der Waals surface area contributed by atoms with Gasteiger partial charge in [-0.2, -0.15) is 0 Å². The number of nitrogens with one attached hydrogen (secondary N) is 2. The van der Waals surface area contributed by atoms with Gasteiger partial charge in [-0.3, -0.25) is 14.6 Å². The fraction of sp³-hybridized carbons (Fsp3) is 0.150. The first-order valence-electron chi connectivity index (χ1n) is 8.36. The molecule has 0 unspecified atom stereocenters. The Hall–Kier alpha value is -2.93. The van der Waals surface area contributed by atoms with Crippen LogP contribution in [-0.4, -0.2) is 16.8 Å². The number of anilines is 1. The van der Waals surface area contributed by atoms with Gasteiger partial charge in [-0.25, -0.2) is 0 Å². The van der Waals surface area contributed by atoms with Crippen LogP contribution in [0.25, 0.3) is 0 Å². The molecular formula is C20H18BrN3O3. The van der Waals surface area contributed by atoms with E-state index >= 15 is 0 Å². The lowest BCUT2D eigenvalue weighted by Crippen LogP contribution is -2.28. The summed E-state index contributed by atoms with van der Waals surface area (Å²) in [6.45, 7) is 1.93. The van der Waals surface area contributed by atoms with E-state index in [0.29, 0.717) is 10.4 Å². The van der Waals surface area contributed by atoms with Gasteiger partial charge in [0.25, 0.3) is 5.91 Å². The summed E-state index contributed by atoms with van der Waals surface area (Å²) in [4.78, 5) is 28.3. The van der Waals surface area contributed by atoms with Gasteiger partial charge in [-0.1, -0.05) is 12.1 Å². The van der Waals surface area contributed by atoms with E-state index in [4.69, 9.17) is 4.42 Å². The van der Waals surface area contributed by atoms with E-state index in [-0.39, 0.29) is 30.0 Å². The summed E-state index contributed by atoms with van der Waals surface area (Å²) in [6.07, 6.45) is 3.66. The summed E-state index contributed by atoms with van der Waals surface area (Å²) in [7, 11) is 0. The van der Waals surface area contributed by atoms with Crippen LogP contribution in [0.3, 0.4) is 0 Å². The molecule has 0 aliphatic rings. The van der Waals surface area contributed by atoms with Crippen molar-refractivity contribution in [3.05, 3.63) is 82.5 Å². The Morgan fingerprint density at radius 3 is 2.41 bits per heavy atom. The molecule has 0 radical (unpaired) electrons. The minimum absolute atomic E-state index is 0.0727. The van der Waals surface area contributed by atoms with Gasteiger partial charge in [-0.15, -0.1) is 0 Å². The molecule has 0 aliphatic heterocycles. The van der Waals surface area contributed by atoms with Crippen molar-refractivity contribution in [2.45, 2.75) is 19.4 Å². The smallest absolute Gasteiger partial charge is 0.291 e. The second kappa shape index (κ2) is 8.64. The Bertz CT molecular complexity index is 923. The predicted octanol–water partition coefficient (Wildman–Crippen LogP) is 4.11. The zero-order chi connectivity index (χ0) is 19.2. The Kier molecular flexibility index (Phi) is 6.03. The van der Waals surface area contributed by atoms with Crippen molar-refractivity contribution < 1.29 is 14.0 Å². The summed E-state index contributed by atoms with van der Waals surface area (Å²) >= 11 is 3.16. The van der Waals surface area contributed by atoms with Crippen LogP contribution < -0.4 is 10.6 Å². The fourth-order valence-corrected chi connectivity index (χ4v) is 2.85. The molecule has 0 saturated heterocycles. The lowest BCUT2D eigenvalue weighted by molar-refractivity contribution is -0.121. The van der Waals surface area contributed by atoms with Gasteiger partial charge in [0.05, 0.1) is 12.5 Å². The number of aromatic nitrogens is 1. The summed E-state index contributed by atoms with van der Waals surface area (Å²) in [5.41, 5.74) is 2.48. The first-order chi connectivity index (χ1) is 13.0. The summed E-state index contributed by atoms with van der Waals surface area (Å²) < 4.78 is 5.71. The van der Waals surface area contributed by atoms with E-state index in [1.165, 1.54) is 0 Å². The third-order valence-corrected chi connectivity index (χ3v) is 4.38. The predicted molar refractivity (Wildman–Crippen MR) is 105 cm³/mol. The molecule has 3 rings (SSSR count). The number of hydrogen-bond donors (Lipinski definition) is 2. The topological polar surface area (TPSA) is 84.2 Å². The minimum atomic E-state index is -0.336. The number of rotatable bonds is 6. The number of benzene rings is 1. The molecule has 0 fully saturated rings. The van der Waals surface area contributed by atoms with Gasteiger partial charge in [0.2, 0.25) is 5.91 Å². The first-order valence-corrected chi connectivity index (χ1v) is 9.15. The molecule has 2 amide bonds. The van der Waals surface area contributed by atoms with Gasteiger partial charge in [0.1, 0.15) is 0 Å². The van der Waals surface area contributed by atoms with Crippen LogP contribution >= 0.6 is 15.9 Å². The maximum absolute atomic E-state index is 12.2. The quantitative estimate of drug-likeness (QED) is 0.619. The van der Waals surface area contributed by atoms with E-state index < -0.39 is 0 Å². The van der Waals surface area contributed by atoms with Crippen LogP contribution in [0.15, 0.2) is 70.0 Å². The molecule has 3 aromatic rings. The SMILES string of the molecule is C[C@@H](NC(=O)Cc1ccc(NC(=O)c2ccc(Br)o2)cc1)c1ccncc1. The molecule has 0 spiro atoms. The fourth-order valence-electron chi connectivity index (χ4n) is 2.55. The van der Waals surface area contributed by atoms with Gasteiger partial charge < -0.3 is 15.1 Å². The van der Waals surface area contributed by atoms with Crippen LogP contribution in [0.2, 0.25) is 0 Å². The van der Waals surface area contributed by atoms with Crippen molar-refractivity contribution in [2.75, 3.05) is 5.32 Å². The van der Waals surface area contributed by atoms with E-state index in [1.54, 1.807) is 36.7 Å². The van der Waals surface area contributed by atoms with Crippen molar-refractivity contribution in [3.8, 4) is 0 Å². The van der Waals surface area contributed by atoms with E-state index in [0.717, 1.165) is 11.1 Å². The molecule has 2 N–H and O–H groups in total. The van der Waals surface area contributed by atoms with Gasteiger partial charge >= 0.3 is 0 Å². The number of nitrogens with zero attached hydrogens (tertiary/aromatic N) is 1. The number of pyridine rings is 1. The summed E-state index contributed by atoms with van der Waals surface area (Å²) in [5.74, 6) is -0.190. The van der Waals surface area contributed by atoms with Crippen LogP contribution in [0.4, 0.5) is 5.69 Å². The normalized spacial score (nSPS) is 11.6. The zero-order valence-corrected chi connectivity index (χ0v) is 16.2. The molecule has 7 heteroatoms. The number of carbonyl (C=O) groups excluding carboxylic acids is 2. The molecule has 1 aromatic carbocycles. The second-order valence-corrected chi connectivity index (χ2v) is 6.78. The standard InChI is InChI=1S/C20H18BrN3O3/c1-13(15-8-10-22-11-9-15)23-19(25)12-14-2-4-16(5-3-14)24-20(26)17-6-7-18(21)27-17/h2-11,13H,12H2,1H3,(H,23,25)(H,24,26)/t13-/m1/s1. The van der Waals surface area contributed by atoms with Gasteiger partial charge in [-0.05, 0) is 70.4 Å². The first kappa shape index (κ1) is 18.8. The van der Waals surface area contributed by atoms with Crippen LogP contribution in [-0.2, 0) is 11.2 Å². The maximum atomic E-state index is 12.2. The van der Waals surface area contributed by atoms with E-state index in [1.807, 2.05) is 31.2 Å². The van der Waals surface area contributed by atoms with E-state index in [2.05, 4.69) is 31.5 Å². The molecule has 2 heterocycles. The molecular weight excluding hydrogens is 410 g/mol. The molecule has 1 atom stereocenters. The maximum Gasteiger partial charge on any atom is 0.291 e. The van der Waals surface area contributed by atoms with E-state index in [9.17, 15) is 9.59 Å². The number of halogens is 1. The molecule has 0 bridgehead atoms. The zero-order valence-electron chi connectivity index (χ0n) is 14.6. The molecule has 27 heavy (non-hydrogen) atoms. The highest BCUT2D eigenvalue weighted by molar-refractivity contribution is 9.10. The van der Waals surface area contributed by atoms with Crippen LogP contribution in [0.1, 0.15) is 34.6 Å². The van der Waals surface area contributed by atoms with Crippen molar-refractivity contribution >= 4 is 33.4 Å². The van der Waals surface area contributed by atoms with Crippen molar-refractivity contribution in [1.29, 1.82) is 0 Å². The average molecular weight is 428 g/mol. The monoisotopic (exact) mass is 427 g/mol. The van der Waals surface area contributed by atoms with Crippen molar-refractivity contribution in [1.82, 2.24) is 10.3 Å². The van der Waals surface area contributed by atoms with Crippen molar-refractivity contribution in [3.63, 3.8) is 0 Å². The highest BCUT2D eigenvalue weighted by Gasteiger charge is 2.12. The Morgan fingerprint density at radius 2 is 1.78 bits per heavy atom. The highest BCUT2D eigenvalue weighted by atomic mass is 79.9. The molecule has 0 saturated carbocycles. The number of carbonyl (C=O) groups is 2. The highest BCUT2D eigenvalue weighted by Crippen LogP contribution is 2.17. The number of hydrogen-bond acceptors (Lipinski definition) is 4. The largest absolute Gasteiger partial charge is 0.444 e. The van der Waals surface area contributed by atoms with Crippen LogP contribution in [0.5, 0.6) is 0 Å². The van der Waals surface area contributed by atoms with Crippen molar-refractivity contribution in [2.24, 2.45) is 0 Å². The number of furan rings is 1.